The molecule has 0 saturated heterocycles. The van der Waals surface area contributed by atoms with Gasteiger partial charge in [0.05, 0.1) is 0 Å². The van der Waals surface area contributed by atoms with E-state index in [1.54, 1.807) is 0 Å². The van der Waals surface area contributed by atoms with E-state index in [0.29, 0.717) is 0 Å². The molecule has 0 unspecified atom stereocenters. The fourth-order valence-corrected chi connectivity index (χ4v) is 0. The average molecular weight is 298 g/mol. The third-order valence-corrected chi connectivity index (χ3v) is 0. The topological polar surface area (TPSA) is 0 Å². The molecule has 0 amide bonds. The van der Waals surface area contributed by atoms with E-state index in [4.69, 9.17) is 0 Å². The summed E-state index contributed by atoms with van der Waals surface area (Å²) in [6.07, 6.45) is 0. The normalized spacial score (nSPS) is 0. The monoisotopic (exact) mass is 298 g/mol. The zero-order valence-corrected chi connectivity index (χ0v) is 7.60. The largest absolute Gasteiger partial charge is 2.00 e. The molecule has 0 rings (SSSR count). The van der Waals surface area contributed by atoms with Crippen LogP contribution in [0.2, 0.25) is 0 Å². The van der Waals surface area contributed by atoms with Crippen molar-refractivity contribution in [2.75, 3.05) is 0 Å². The smallest absolute Gasteiger partial charge is 1.00 e. The zero-order chi connectivity index (χ0) is 0. The number of halogens is 3. The van der Waals surface area contributed by atoms with E-state index >= 15 is 0 Å². The minimum absolute atomic E-state index is 0. The van der Waals surface area contributed by atoms with Crippen LogP contribution in [0.5, 0.6) is 0 Å². The quantitative estimate of drug-likeness (QED) is 0.308. The SMILES string of the molecule is F.[I-].[I-].[Mg+2]. The average Bonchev–Trinajstić information content (AvgIpc) is 0. The van der Waals surface area contributed by atoms with Crippen molar-refractivity contribution in [3.63, 3.8) is 0 Å². The summed E-state index contributed by atoms with van der Waals surface area (Å²) in [7, 11) is 0. The number of rotatable bonds is 0. The molecule has 0 radical (unpaired) electrons. The first-order chi connectivity index (χ1) is 0. The van der Waals surface area contributed by atoms with Crippen LogP contribution in [-0.4, -0.2) is 23.1 Å². The Kier molecular flexibility index (Phi) is 169. The summed E-state index contributed by atoms with van der Waals surface area (Å²) in [6.45, 7) is 0. The Hall–Kier alpha value is 2.16. The van der Waals surface area contributed by atoms with E-state index in [9.17, 15) is 0 Å². The molecule has 0 spiro atoms. The van der Waals surface area contributed by atoms with E-state index < -0.39 is 0 Å². The van der Waals surface area contributed by atoms with Gasteiger partial charge < -0.3 is 48.0 Å². The minimum Gasteiger partial charge on any atom is -1.00 e. The molecule has 0 aliphatic carbocycles. The summed E-state index contributed by atoms with van der Waals surface area (Å²) in [5, 5.41) is 0. The van der Waals surface area contributed by atoms with Crippen LogP contribution >= 0.6 is 0 Å². The fraction of sp³-hybridized carbons (Fsp3) is 0. The third kappa shape index (κ3) is 8.91. The first-order valence-electron chi connectivity index (χ1n) is 0. The van der Waals surface area contributed by atoms with Gasteiger partial charge in [-0.1, -0.05) is 0 Å². The maximum Gasteiger partial charge on any atom is 2.00 e. The van der Waals surface area contributed by atoms with Gasteiger partial charge in [0, 0.05) is 0 Å². The molecule has 0 fully saturated rings. The van der Waals surface area contributed by atoms with Crippen LogP contribution in [-0.2, 0) is 0 Å². The van der Waals surface area contributed by atoms with Crippen molar-refractivity contribution < 1.29 is 52.7 Å². The van der Waals surface area contributed by atoms with Crippen LogP contribution in [0.1, 0.15) is 0 Å². The van der Waals surface area contributed by atoms with Gasteiger partial charge in [-0.05, 0) is 0 Å². The molecule has 0 atom stereocenters. The van der Waals surface area contributed by atoms with Crippen LogP contribution in [0.4, 0.5) is 4.70 Å². The van der Waals surface area contributed by atoms with E-state index in [1.165, 1.54) is 0 Å². The van der Waals surface area contributed by atoms with Crippen molar-refractivity contribution in [2.45, 2.75) is 0 Å². The predicted octanol–water partition coefficient (Wildman–Crippen LogP) is -6.22. The van der Waals surface area contributed by atoms with Crippen molar-refractivity contribution in [3.8, 4) is 0 Å². The van der Waals surface area contributed by atoms with Gasteiger partial charge in [-0.3, -0.25) is 4.70 Å². The fourth-order valence-electron chi connectivity index (χ4n) is 0. The van der Waals surface area contributed by atoms with Gasteiger partial charge in [-0.25, -0.2) is 0 Å². The Bertz CT molecular complexity index is 6.00. The maximum atomic E-state index is 0. The molecule has 0 N–H and O–H groups in total. The zero-order valence-electron chi connectivity index (χ0n) is 1.87. The van der Waals surface area contributed by atoms with E-state index in [1.807, 2.05) is 0 Å². The summed E-state index contributed by atoms with van der Waals surface area (Å²) >= 11 is 0. The van der Waals surface area contributed by atoms with E-state index in [0.717, 1.165) is 0 Å². The molecule has 0 heterocycles. The molecule has 0 aliphatic rings. The van der Waals surface area contributed by atoms with Crippen LogP contribution in [0.3, 0.4) is 0 Å². The van der Waals surface area contributed by atoms with Gasteiger partial charge >= 0.3 is 23.1 Å². The van der Waals surface area contributed by atoms with Gasteiger partial charge in [0.15, 0.2) is 0 Å². The van der Waals surface area contributed by atoms with Crippen LogP contribution in [0.15, 0.2) is 0 Å². The number of hydrogen-bond acceptors (Lipinski definition) is 0. The predicted molar refractivity (Wildman–Crippen MR) is 8.26 cm³/mol. The molecule has 0 aliphatic heterocycles. The molecule has 24 valence electrons. The minimum atomic E-state index is 0. The van der Waals surface area contributed by atoms with E-state index in [2.05, 4.69) is 0 Å². The Balaban J connectivity index is 0. The summed E-state index contributed by atoms with van der Waals surface area (Å²) in [6, 6.07) is 0. The number of hydrogen-bond donors (Lipinski definition) is 0. The molecule has 0 aromatic rings. The first-order valence-corrected chi connectivity index (χ1v) is 0. The van der Waals surface area contributed by atoms with Gasteiger partial charge in [-0.2, -0.15) is 0 Å². The van der Waals surface area contributed by atoms with E-state index in [-0.39, 0.29) is 75.7 Å². The van der Waals surface area contributed by atoms with Gasteiger partial charge in [0.25, 0.3) is 0 Å². The third-order valence-electron chi connectivity index (χ3n) is 0. The molecular weight excluding hydrogens is 297 g/mol. The Morgan fingerprint density at radius 3 is 0.750 bits per heavy atom. The molecule has 0 aromatic heterocycles. The Labute approximate surface area is 74.7 Å². The summed E-state index contributed by atoms with van der Waals surface area (Å²) in [5.74, 6) is 0. The van der Waals surface area contributed by atoms with Gasteiger partial charge in [0.2, 0.25) is 0 Å². The summed E-state index contributed by atoms with van der Waals surface area (Å²) in [4.78, 5) is 0. The summed E-state index contributed by atoms with van der Waals surface area (Å²) < 4.78 is 0. The van der Waals surface area contributed by atoms with Gasteiger partial charge in [-0.15, -0.1) is 0 Å². The maximum absolute atomic E-state index is 0. The molecule has 0 aromatic carbocycles. The van der Waals surface area contributed by atoms with Crippen molar-refractivity contribution in [1.29, 1.82) is 0 Å². The molecular formula is HFI2Mg. The standard InChI is InChI=1S/FH.2HI.Mg/h3*1H;/q;;;+2/p-2. The molecule has 0 bridgehead atoms. The Morgan fingerprint density at radius 2 is 0.750 bits per heavy atom. The Morgan fingerprint density at radius 1 is 0.750 bits per heavy atom. The molecule has 0 saturated carbocycles. The van der Waals surface area contributed by atoms with Crippen LogP contribution in [0.25, 0.3) is 0 Å². The molecule has 0 nitrogen and oxygen atoms in total. The van der Waals surface area contributed by atoms with Crippen LogP contribution in [0, 0.1) is 0 Å². The van der Waals surface area contributed by atoms with Crippen molar-refractivity contribution >= 4 is 23.1 Å². The second kappa shape index (κ2) is 19.2. The summed E-state index contributed by atoms with van der Waals surface area (Å²) in [5.41, 5.74) is 0. The first kappa shape index (κ1) is 35.2. The molecule has 4 heavy (non-hydrogen) atoms. The second-order valence-electron chi connectivity index (χ2n) is 0. The van der Waals surface area contributed by atoms with Crippen molar-refractivity contribution in [3.05, 3.63) is 0 Å². The van der Waals surface area contributed by atoms with Crippen molar-refractivity contribution in [2.24, 2.45) is 0 Å². The second-order valence-corrected chi connectivity index (χ2v) is 0. The van der Waals surface area contributed by atoms with Crippen molar-refractivity contribution in [1.82, 2.24) is 0 Å². The van der Waals surface area contributed by atoms with Crippen LogP contribution < -0.4 is 48.0 Å². The van der Waals surface area contributed by atoms with Gasteiger partial charge in [0.1, 0.15) is 0 Å². The molecule has 4 heteroatoms.